The van der Waals surface area contributed by atoms with Crippen LogP contribution in [-0.4, -0.2) is 48.3 Å². The van der Waals surface area contributed by atoms with E-state index in [0.29, 0.717) is 12.1 Å². The summed E-state index contributed by atoms with van der Waals surface area (Å²) >= 11 is 0. The van der Waals surface area contributed by atoms with Crippen molar-refractivity contribution in [1.29, 1.82) is 0 Å². The molecule has 1 saturated carbocycles. The zero-order valence-corrected chi connectivity index (χ0v) is 9.95. The molecule has 1 heterocycles. The standard InChI is InChI=1S/C12H24N2O/c1-9-4-3-5-10(6-9)14(2)11-7-13-8-12(11)15/h9-13,15H,3-8H2,1-2H3. The average molecular weight is 212 g/mol. The van der Waals surface area contributed by atoms with Crippen molar-refractivity contribution in [2.75, 3.05) is 20.1 Å². The van der Waals surface area contributed by atoms with Crippen LogP contribution in [0.3, 0.4) is 0 Å². The Kier molecular flexibility index (Phi) is 3.65. The predicted molar refractivity (Wildman–Crippen MR) is 61.8 cm³/mol. The van der Waals surface area contributed by atoms with Gasteiger partial charge in [-0.05, 0) is 25.8 Å². The van der Waals surface area contributed by atoms with Gasteiger partial charge in [0.2, 0.25) is 0 Å². The van der Waals surface area contributed by atoms with Crippen LogP contribution in [0.5, 0.6) is 0 Å². The quantitative estimate of drug-likeness (QED) is 0.712. The lowest BCUT2D eigenvalue weighted by Crippen LogP contribution is -2.47. The van der Waals surface area contributed by atoms with Crippen molar-refractivity contribution in [3.63, 3.8) is 0 Å². The summed E-state index contributed by atoms with van der Waals surface area (Å²) < 4.78 is 0. The van der Waals surface area contributed by atoms with E-state index in [-0.39, 0.29) is 6.10 Å². The molecule has 0 amide bonds. The highest BCUT2D eigenvalue weighted by molar-refractivity contribution is 4.91. The molecule has 3 nitrogen and oxygen atoms in total. The molecule has 3 heteroatoms. The summed E-state index contributed by atoms with van der Waals surface area (Å²) in [6.07, 6.45) is 5.18. The van der Waals surface area contributed by atoms with Gasteiger partial charge in [0, 0.05) is 25.2 Å². The molecule has 0 aromatic heterocycles. The van der Waals surface area contributed by atoms with E-state index in [9.17, 15) is 5.11 Å². The lowest BCUT2D eigenvalue weighted by atomic mass is 9.85. The van der Waals surface area contributed by atoms with Gasteiger partial charge in [0.15, 0.2) is 0 Å². The average Bonchev–Trinajstić information content (AvgIpc) is 2.63. The molecule has 4 unspecified atom stereocenters. The van der Waals surface area contributed by atoms with Crippen LogP contribution in [-0.2, 0) is 0 Å². The zero-order chi connectivity index (χ0) is 10.8. The molecule has 1 aliphatic carbocycles. The smallest absolute Gasteiger partial charge is 0.0831 e. The Hall–Kier alpha value is -0.120. The molecule has 0 aromatic carbocycles. The van der Waals surface area contributed by atoms with Crippen LogP contribution < -0.4 is 5.32 Å². The third kappa shape index (κ3) is 2.52. The summed E-state index contributed by atoms with van der Waals surface area (Å²) in [5.74, 6) is 0.859. The Bertz CT molecular complexity index is 210. The lowest BCUT2D eigenvalue weighted by molar-refractivity contribution is 0.0531. The molecular formula is C12H24N2O. The highest BCUT2D eigenvalue weighted by atomic mass is 16.3. The molecule has 4 atom stereocenters. The molecule has 0 spiro atoms. The van der Waals surface area contributed by atoms with Gasteiger partial charge in [-0.25, -0.2) is 0 Å². The van der Waals surface area contributed by atoms with Crippen LogP contribution in [0.2, 0.25) is 0 Å². The maximum Gasteiger partial charge on any atom is 0.0831 e. The van der Waals surface area contributed by atoms with Gasteiger partial charge in [-0.2, -0.15) is 0 Å². The SMILES string of the molecule is CC1CCCC(N(C)C2CNCC2O)C1. The first kappa shape index (κ1) is 11.4. The minimum atomic E-state index is -0.174. The van der Waals surface area contributed by atoms with Gasteiger partial charge >= 0.3 is 0 Å². The molecule has 1 saturated heterocycles. The molecule has 2 fully saturated rings. The second kappa shape index (κ2) is 4.81. The topological polar surface area (TPSA) is 35.5 Å². The van der Waals surface area contributed by atoms with E-state index < -0.39 is 0 Å². The predicted octanol–water partition coefficient (Wildman–Crippen LogP) is 0.830. The van der Waals surface area contributed by atoms with Crippen LogP contribution >= 0.6 is 0 Å². The second-order valence-electron chi connectivity index (χ2n) is 5.38. The van der Waals surface area contributed by atoms with Gasteiger partial charge in [0.25, 0.3) is 0 Å². The van der Waals surface area contributed by atoms with E-state index in [1.165, 1.54) is 25.7 Å². The third-order valence-electron chi connectivity index (χ3n) is 4.16. The molecule has 0 bridgehead atoms. The molecule has 0 radical (unpaired) electrons. The van der Waals surface area contributed by atoms with Crippen molar-refractivity contribution >= 4 is 0 Å². The van der Waals surface area contributed by atoms with Crippen LogP contribution in [0.25, 0.3) is 0 Å². The minimum Gasteiger partial charge on any atom is -0.390 e. The Morgan fingerprint density at radius 1 is 1.27 bits per heavy atom. The number of aliphatic hydroxyl groups is 1. The highest BCUT2D eigenvalue weighted by Gasteiger charge is 2.33. The first-order valence-electron chi connectivity index (χ1n) is 6.29. The molecule has 2 rings (SSSR count). The van der Waals surface area contributed by atoms with E-state index in [1.54, 1.807) is 0 Å². The molecule has 1 aliphatic heterocycles. The number of rotatable bonds is 2. The van der Waals surface area contributed by atoms with Gasteiger partial charge in [-0.1, -0.05) is 19.8 Å². The summed E-state index contributed by atoms with van der Waals surface area (Å²) in [5, 5.41) is 13.1. The second-order valence-corrected chi connectivity index (χ2v) is 5.38. The molecule has 88 valence electrons. The molecule has 2 aliphatic rings. The Morgan fingerprint density at radius 3 is 2.67 bits per heavy atom. The number of hydrogen-bond acceptors (Lipinski definition) is 3. The molecule has 0 aromatic rings. The summed E-state index contributed by atoms with van der Waals surface area (Å²) in [6, 6.07) is 1.02. The number of nitrogens with zero attached hydrogens (tertiary/aromatic N) is 1. The number of likely N-dealkylation sites (N-methyl/N-ethyl adjacent to an activating group) is 1. The minimum absolute atomic E-state index is 0.174. The Labute approximate surface area is 92.8 Å². The van der Waals surface area contributed by atoms with Gasteiger partial charge in [0.1, 0.15) is 0 Å². The highest BCUT2D eigenvalue weighted by Crippen LogP contribution is 2.28. The number of aliphatic hydroxyl groups excluding tert-OH is 1. The van der Waals surface area contributed by atoms with Crippen LogP contribution in [0.4, 0.5) is 0 Å². The summed E-state index contributed by atoms with van der Waals surface area (Å²) in [7, 11) is 2.18. The van der Waals surface area contributed by atoms with Gasteiger partial charge in [-0.15, -0.1) is 0 Å². The van der Waals surface area contributed by atoms with Crippen molar-refractivity contribution in [1.82, 2.24) is 10.2 Å². The van der Waals surface area contributed by atoms with Crippen molar-refractivity contribution in [2.24, 2.45) is 5.92 Å². The van der Waals surface area contributed by atoms with Crippen LogP contribution in [0, 0.1) is 5.92 Å². The number of hydrogen-bond donors (Lipinski definition) is 2. The maximum atomic E-state index is 9.85. The third-order valence-corrected chi connectivity index (χ3v) is 4.16. The fraction of sp³-hybridized carbons (Fsp3) is 1.00. The van der Waals surface area contributed by atoms with Gasteiger partial charge in [-0.3, -0.25) is 4.90 Å². The summed E-state index contributed by atoms with van der Waals surface area (Å²) in [6.45, 7) is 4.06. The Balaban J connectivity index is 1.91. The van der Waals surface area contributed by atoms with E-state index >= 15 is 0 Å². The molecular weight excluding hydrogens is 188 g/mol. The lowest BCUT2D eigenvalue weighted by Gasteiger charge is -2.38. The van der Waals surface area contributed by atoms with Gasteiger partial charge in [0.05, 0.1) is 6.10 Å². The summed E-state index contributed by atoms with van der Waals surface area (Å²) in [5.41, 5.74) is 0. The molecule has 2 N–H and O–H groups in total. The van der Waals surface area contributed by atoms with E-state index in [0.717, 1.165) is 19.0 Å². The molecule has 15 heavy (non-hydrogen) atoms. The Morgan fingerprint density at radius 2 is 2.07 bits per heavy atom. The van der Waals surface area contributed by atoms with Crippen molar-refractivity contribution in [2.45, 2.75) is 50.8 Å². The van der Waals surface area contributed by atoms with Gasteiger partial charge < -0.3 is 10.4 Å². The summed E-state index contributed by atoms with van der Waals surface area (Å²) in [4.78, 5) is 2.42. The number of β-amino-alcohol motifs (C(OH)–C–C–N with tert-alkyl or cyclic N) is 1. The fourth-order valence-electron chi connectivity index (χ4n) is 3.11. The maximum absolute atomic E-state index is 9.85. The zero-order valence-electron chi connectivity index (χ0n) is 9.95. The van der Waals surface area contributed by atoms with Crippen LogP contribution in [0.15, 0.2) is 0 Å². The monoisotopic (exact) mass is 212 g/mol. The normalized spacial score (nSPS) is 42.4. The van der Waals surface area contributed by atoms with E-state index in [2.05, 4.69) is 24.2 Å². The first-order chi connectivity index (χ1) is 7.18. The first-order valence-corrected chi connectivity index (χ1v) is 6.29. The van der Waals surface area contributed by atoms with E-state index in [1.807, 2.05) is 0 Å². The van der Waals surface area contributed by atoms with Crippen molar-refractivity contribution in [3.8, 4) is 0 Å². The fourth-order valence-corrected chi connectivity index (χ4v) is 3.11. The largest absolute Gasteiger partial charge is 0.390 e. The van der Waals surface area contributed by atoms with E-state index in [4.69, 9.17) is 0 Å². The van der Waals surface area contributed by atoms with Crippen molar-refractivity contribution in [3.05, 3.63) is 0 Å². The van der Waals surface area contributed by atoms with Crippen LogP contribution in [0.1, 0.15) is 32.6 Å². The van der Waals surface area contributed by atoms with Crippen molar-refractivity contribution < 1.29 is 5.11 Å². The number of nitrogens with one attached hydrogen (secondary N) is 1.